The third kappa shape index (κ3) is 2.82. The molecule has 1 heteroatoms. The van der Waals surface area contributed by atoms with E-state index >= 15 is 0 Å². The molecule has 1 aromatic carbocycles. The largest absolute Gasteiger partial charge is 0.0880 e. The lowest BCUT2D eigenvalue weighted by Crippen LogP contribution is -2.36. The number of benzene rings is 1. The van der Waals surface area contributed by atoms with E-state index in [1.165, 1.54) is 36.8 Å². The van der Waals surface area contributed by atoms with Crippen LogP contribution in [0, 0.1) is 19.8 Å². The van der Waals surface area contributed by atoms with Gasteiger partial charge in [-0.3, -0.25) is 0 Å². The van der Waals surface area contributed by atoms with Crippen LogP contribution in [0.1, 0.15) is 50.7 Å². The summed E-state index contributed by atoms with van der Waals surface area (Å²) in [6, 6.07) is 6.92. The van der Waals surface area contributed by atoms with Gasteiger partial charge in [0.2, 0.25) is 0 Å². The van der Waals surface area contributed by atoms with Gasteiger partial charge in [-0.1, -0.05) is 74.0 Å². The van der Waals surface area contributed by atoms with Gasteiger partial charge < -0.3 is 0 Å². The van der Waals surface area contributed by atoms with Crippen molar-refractivity contribution >= 4 is 14.7 Å². The van der Waals surface area contributed by atoms with Crippen LogP contribution in [0.2, 0.25) is 5.04 Å². The zero-order chi connectivity index (χ0) is 12.5. The van der Waals surface area contributed by atoms with Crippen LogP contribution in [0.5, 0.6) is 0 Å². The first kappa shape index (κ1) is 12.9. The van der Waals surface area contributed by atoms with Crippen molar-refractivity contribution < 1.29 is 0 Å². The van der Waals surface area contributed by atoms with Crippen LogP contribution >= 0.6 is 0 Å². The van der Waals surface area contributed by atoms with Gasteiger partial charge in [0, 0.05) is 0 Å². The molecule has 92 valence electrons. The van der Waals surface area contributed by atoms with Crippen molar-refractivity contribution in [3.05, 3.63) is 29.3 Å². The molecule has 0 amide bonds. The fraction of sp³-hybridized carbons (Fsp3) is 0.625. The molecule has 1 aromatic rings. The highest BCUT2D eigenvalue weighted by atomic mass is 28.2. The Balaban J connectivity index is 2.21. The SMILES string of the molecule is Cc1ccc(C)c([Si]C2(C)CCCCC2C)c1. The Hall–Kier alpha value is -0.563. The van der Waals surface area contributed by atoms with Crippen LogP contribution in [-0.4, -0.2) is 9.52 Å². The Bertz CT molecular complexity index is 397. The standard InChI is InChI=1S/C16H24Si/c1-12-8-9-13(2)15(11-12)17-16(4)10-6-5-7-14(16)3/h8-9,11,14H,5-7,10H2,1-4H3. The van der Waals surface area contributed by atoms with Gasteiger partial charge in [0.25, 0.3) is 0 Å². The van der Waals surface area contributed by atoms with Gasteiger partial charge in [0.05, 0.1) is 9.52 Å². The molecule has 0 bridgehead atoms. The predicted molar refractivity (Wildman–Crippen MR) is 77.3 cm³/mol. The van der Waals surface area contributed by atoms with Crippen molar-refractivity contribution in [2.45, 2.75) is 58.4 Å². The normalized spacial score (nSPS) is 29.3. The van der Waals surface area contributed by atoms with Crippen LogP contribution in [0.3, 0.4) is 0 Å². The smallest absolute Gasteiger partial charge is 0.0623 e. The van der Waals surface area contributed by atoms with Crippen molar-refractivity contribution in [2.75, 3.05) is 0 Å². The molecule has 2 radical (unpaired) electrons. The fourth-order valence-electron chi connectivity index (χ4n) is 2.87. The van der Waals surface area contributed by atoms with E-state index in [1.807, 2.05) is 0 Å². The van der Waals surface area contributed by atoms with E-state index in [9.17, 15) is 0 Å². The maximum absolute atomic E-state index is 2.51. The number of hydrogen-bond acceptors (Lipinski definition) is 0. The van der Waals surface area contributed by atoms with Crippen molar-refractivity contribution in [2.24, 2.45) is 5.92 Å². The second kappa shape index (κ2) is 4.97. The van der Waals surface area contributed by atoms with Crippen LogP contribution in [0.15, 0.2) is 18.2 Å². The molecule has 0 N–H and O–H groups in total. The summed E-state index contributed by atoms with van der Waals surface area (Å²) in [4.78, 5) is 0. The summed E-state index contributed by atoms with van der Waals surface area (Å²) in [5, 5.41) is 2.15. The second-order valence-corrected chi connectivity index (χ2v) is 7.94. The summed E-state index contributed by atoms with van der Waals surface area (Å²) in [7, 11) is 0.982. The van der Waals surface area contributed by atoms with Crippen molar-refractivity contribution in [1.82, 2.24) is 0 Å². The molecule has 0 spiro atoms. The Morgan fingerprint density at radius 3 is 2.71 bits per heavy atom. The molecule has 0 saturated heterocycles. The molecule has 1 saturated carbocycles. The molecule has 2 atom stereocenters. The Labute approximate surface area is 109 Å². The molecule has 1 aliphatic rings. The van der Waals surface area contributed by atoms with E-state index in [-0.39, 0.29) is 0 Å². The fourth-order valence-corrected chi connectivity index (χ4v) is 4.76. The average molecular weight is 244 g/mol. The first-order chi connectivity index (χ1) is 8.01. The average Bonchev–Trinajstić information content (AvgIpc) is 2.28. The first-order valence-corrected chi connectivity index (χ1v) is 7.87. The zero-order valence-electron chi connectivity index (χ0n) is 11.6. The predicted octanol–water partition coefficient (Wildman–Crippen LogP) is 4.02. The number of hydrogen-bond donors (Lipinski definition) is 0. The van der Waals surface area contributed by atoms with Crippen LogP contribution in [0.25, 0.3) is 0 Å². The molecule has 0 nitrogen and oxygen atoms in total. The minimum Gasteiger partial charge on any atom is -0.0623 e. The first-order valence-electron chi connectivity index (χ1n) is 6.87. The molecule has 1 aliphatic carbocycles. The Kier molecular flexibility index (Phi) is 3.77. The molecule has 17 heavy (non-hydrogen) atoms. The molecule has 2 rings (SSSR count). The van der Waals surface area contributed by atoms with E-state index in [4.69, 9.17) is 0 Å². The van der Waals surface area contributed by atoms with Crippen molar-refractivity contribution in [3.8, 4) is 0 Å². The monoisotopic (exact) mass is 244 g/mol. The quantitative estimate of drug-likeness (QED) is 0.689. The Morgan fingerprint density at radius 2 is 2.00 bits per heavy atom. The number of rotatable bonds is 2. The van der Waals surface area contributed by atoms with Gasteiger partial charge >= 0.3 is 0 Å². The third-order valence-electron chi connectivity index (χ3n) is 4.48. The summed E-state index contributed by atoms with van der Waals surface area (Å²) in [5.74, 6) is 0.884. The van der Waals surface area contributed by atoms with E-state index in [0.717, 1.165) is 15.4 Å². The van der Waals surface area contributed by atoms with Gasteiger partial charge in [0.1, 0.15) is 0 Å². The lowest BCUT2D eigenvalue weighted by Gasteiger charge is -2.39. The summed E-state index contributed by atoms with van der Waals surface area (Å²) < 4.78 is 0. The lowest BCUT2D eigenvalue weighted by molar-refractivity contribution is 0.293. The molecular formula is C16H24Si. The highest BCUT2D eigenvalue weighted by Gasteiger charge is 2.34. The van der Waals surface area contributed by atoms with Crippen LogP contribution in [0.4, 0.5) is 0 Å². The summed E-state index contributed by atoms with van der Waals surface area (Å²) in [6.45, 7) is 9.44. The lowest BCUT2D eigenvalue weighted by atomic mass is 9.81. The van der Waals surface area contributed by atoms with E-state index in [0.29, 0.717) is 5.04 Å². The van der Waals surface area contributed by atoms with Crippen LogP contribution in [-0.2, 0) is 0 Å². The van der Waals surface area contributed by atoms with Gasteiger partial charge in [-0.15, -0.1) is 0 Å². The van der Waals surface area contributed by atoms with Crippen LogP contribution < -0.4 is 5.19 Å². The van der Waals surface area contributed by atoms with Gasteiger partial charge in [-0.05, 0) is 24.8 Å². The molecule has 1 fully saturated rings. The summed E-state index contributed by atoms with van der Waals surface area (Å²) in [6.07, 6.45) is 5.71. The Morgan fingerprint density at radius 1 is 1.24 bits per heavy atom. The molecule has 2 unspecified atom stereocenters. The molecule has 0 aromatic heterocycles. The van der Waals surface area contributed by atoms with E-state index in [2.05, 4.69) is 45.9 Å². The molecule has 0 aliphatic heterocycles. The maximum atomic E-state index is 2.51. The highest BCUT2D eigenvalue weighted by Crippen LogP contribution is 2.46. The summed E-state index contributed by atoms with van der Waals surface area (Å²) >= 11 is 0. The maximum Gasteiger partial charge on any atom is 0.0880 e. The van der Waals surface area contributed by atoms with Crippen molar-refractivity contribution in [3.63, 3.8) is 0 Å². The second-order valence-electron chi connectivity index (χ2n) is 6.01. The van der Waals surface area contributed by atoms with E-state index in [1.54, 1.807) is 5.19 Å². The van der Waals surface area contributed by atoms with Crippen molar-refractivity contribution in [1.29, 1.82) is 0 Å². The molecule has 0 heterocycles. The highest BCUT2D eigenvalue weighted by molar-refractivity contribution is 6.57. The minimum absolute atomic E-state index is 0.552. The molecular weight excluding hydrogens is 220 g/mol. The van der Waals surface area contributed by atoms with E-state index < -0.39 is 0 Å². The zero-order valence-corrected chi connectivity index (χ0v) is 12.6. The summed E-state index contributed by atoms with van der Waals surface area (Å²) in [5.41, 5.74) is 2.89. The van der Waals surface area contributed by atoms with Gasteiger partial charge in [-0.2, -0.15) is 0 Å². The van der Waals surface area contributed by atoms with Gasteiger partial charge in [-0.25, -0.2) is 0 Å². The third-order valence-corrected chi connectivity index (χ3v) is 6.61. The van der Waals surface area contributed by atoms with Gasteiger partial charge in [0.15, 0.2) is 0 Å². The number of aryl methyl sites for hydroxylation is 2. The topological polar surface area (TPSA) is 0 Å². The minimum atomic E-state index is 0.552.